The van der Waals surface area contributed by atoms with E-state index >= 15 is 0 Å². The van der Waals surface area contributed by atoms with Gasteiger partial charge in [0.1, 0.15) is 0 Å². The standard InChI is InChI=1S/C9H11BrN2S/c1-6(11-2)9-8(12-3)7(4-10)5-13-9/h5H,3-4H2,1-2H3/b11-6-. The molecule has 13 heavy (non-hydrogen) atoms. The lowest BCUT2D eigenvalue weighted by Gasteiger charge is -1.98. The molecule has 0 amide bonds. The van der Waals surface area contributed by atoms with E-state index in [1.165, 1.54) is 5.56 Å². The van der Waals surface area contributed by atoms with Gasteiger partial charge in [-0.3, -0.25) is 9.98 Å². The van der Waals surface area contributed by atoms with Crippen LogP contribution >= 0.6 is 27.3 Å². The van der Waals surface area contributed by atoms with Gasteiger partial charge < -0.3 is 0 Å². The topological polar surface area (TPSA) is 24.7 Å². The van der Waals surface area contributed by atoms with E-state index in [-0.39, 0.29) is 0 Å². The van der Waals surface area contributed by atoms with Gasteiger partial charge in [-0.2, -0.15) is 0 Å². The van der Waals surface area contributed by atoms with Crippen LogP contribution in [0, 0.1) is 0 Å². The summed E-state index contributed by atoms with van der Waals surface area (Å²) in [5, 5.41) is 2.90. The van der Waals surface area contributed by atoms with Crippen LogP contribution in [0.25, 0.3) is 0 Å². The van der Waals surface area contributed by atoms with Gasteiger partial charge in [0.25, 0.3) is 0 Å². The molecule has 4 heteroatoms. The Morgan fingerprint density at radius 1 is 1.69 bits per heavy atom. The summed E-state index contributed by atoms with van der Waals surface area (Å²) in [5.41, 5.74) is 3.16. The summed E-state index contributed by atoms with van der Waals surface area (Å²) in [6.07, 6.45) is 0. The molecular formula is C9H11BrN2S. The fourth-order valence-corrected chi connectivity index (χ4v) is 2.68. The van der Waals surface area contributed by atoms with Crippen molar-refractivity contribution >= 4 is 45.4 Å². The summed E-state index contributed by atoms with van der Waals surface area (Å²) in [7, 11) is 1.79. The highest BCUT2D eigenvalue weighted by atomic mass is 79.9. The fourth-order valence-electron chi connectivity index (χ4n) is 1.01. The lowest BCUT2D eigenvalue weighted by Crippen LogP contribution is -1.90. The Bertz CT molecular complexity index is 341. The molecule has 0 aliphatic carbocycles. The van der Waals surface area contributed by atoms with E-state index in [0.717, 1.165) is 21.6 Å². The molecule has 70 valence electrons. The predicted octanol–water partition coefficient (Wildman–Crippen LogP) is 3.41. The normalized spacial score (nSPS) is 11.8. The van der Waals surface area contributed by atoms with Crippen molar-refractivity contribution in [2.45, 2.75) is 12.3 Å². The first-order valence-corrected chi connectivity index (χ1v) is 5.81. The molecule has 0 unspecified atom stereocenters. The number of rotatable bonds is 3. The number of hydrogen-bond acceptors (Lipinski definition) is 3. The van der Waals surface area contributed by atoms with E-state index in [9.17, 15) is 0 Å². The number of halogens is 1. The molecule has 1 aromatic heterocycles. The summed E-state index contributed by atoms with van der Waals surface area (Å²) in [4.78, 5) is 9.28. The van der Waals surface area contributed by atoms with E-state index < -0.39 is 0 Å². The maximum Gasteiger partial charge on any atom is 0.0861 e. The monoisotopic (exact) mass is 258 g/mol. The van der Waals surface area contributed by atoms with Crippen molar-refractivity contribution in [1.82, 2.24) is 0 Å². The molecule has 2 nitrogen and oxygen atoms in total. The Morgan fingerprint density at radius 3 is 2.85 bits per heavy atom. The van der Waals surface area contributed by atoms with Gasteiger partial charge in [-0.05, 0) is 24.6 Å². The highest BCUT2D eigenvalue weighted by molar-refractivity contribution is 9.08. The fraction of sp³-hybridized carbons (Fsp3) is 0.333. The second-order valence-electron chi connectivity index (χ2n) is 2.54. The summed E-state index contributed by atoms with van der Waals surface area (Å²) < 4.78 is 0. The Morgan fingerprint density at radius 2 is 2.38 bits per heavy atom. The van der Waals surface area contributed by atoms with Gasteiger partial charge in [-0.1, -0.05) is 15.9 Å². The first-order chi connectivity index (χ1) is 6.24. The summed E-state index contributed by atoms with van der Waals surface area (Å²) in [5.74, 6) is 0. The molecule has 1 aromatic rings. The Balaban J connectivity index is 3.23. The quantitative estimate of drug-likeness (QED) is 0.587. The first kappa shape index (κ1) is 10.6. The van der Waals surface area contributed by atoms with Crippen molar-refractivity contribution < 1.29 is 0 Å². The second-order valence-corrected chi connectivity index (χ2v) is 3.98. The molecule has 0 aromatic carbocycles. The molecule has 1 rings (SSSR count). The number of thiophene rings is 1. The molecule has 0 fully saturated rings. The Kier molecular flexibility index (Phi) is 3.81. The molecule has 0 aliphatic heterocycles. The van der Waals surface area contributed by atoms with Crippen molar-refractivity contribution in [3.63, 3.8) is 0 Å². The number of aliphatic imine (C=N–C) groups is 2. The molecule has 0 N–H and O–H groups in total. The average Bonchev–Trinajstić information content (AvgIpc) is 2.58. The molecule has 0 atom stereocenters. The minimum atomic E-state index is 0.814. The summed E-state index contributed by atoms with van der Waals surface area (Å²) in [6.45, 7) is 5.55. The van der Waals surface area contributed by atoms with Gasteiger partial charge >= 0.3 is 0 Å². The molecule has 0 bridgehead atoms. The zero-order valence-corrected chi connectivity index (χ0v) is 10.1. The maximum absolute atomic E-state index is 4.14. The van der Waals surface area contributed by atoms with Gasteiger partial charge in [0, 0.05) is 12.4 Å². The molecule has 0 saturated carbocycles. The van der Waals surface area contributed by atoms with E-state index in [1.807, 2.05) is 6.92 Å². The van der Waals surface area contributed by atoms with Crippen LogP contribution in [-0.2, 0) is 5.33 Å². The van der Waals surface area contributed by atoms with Crippen molar-refractivity contribution in [3.8, 4) is 0 Å². The summed E-state index contributed by atoms with van der Waals surface area (Å²) >= 11 is 5.08. The first-order valence-electron chi connectivity index (χ1n) is 3.81. The van der Waals surface area contributed by atoms with E-state index in [1.54, 1.807) is 18.4 Å². The van der Waals surface area contributed by atoms with Gasteiger partial charge in [0.2, 0.25) is 0 Å². The van der Waals surface area contributed by atoms with Gasteiger partial charge in [0.15, 0.2) is 0 Å². The average molecular weight is 259 g/mol. The lowest BCUT2D eigenvalue weighted by molar-refractivity contribution is 1.40. The molecule has 0 saturated heterocycles. The Hall–Kier alpha value is -0.480. The maximum atomic E-state index is 4.14. The highest BCUT2D eigenvalue weighted by Crippen LogP contribution is 2.32. The largest absolute Gasteiger partial charge is 0.292 e. The molecule has 0 aliphatic rings. The van der Waals surface area contributed by atoms with Gasteiger partial charge in [-0.15, -0.1) is 11.3 Å². The molecule has 0 spiro atoms. The summed E-state index contributed by atoms with van der Waals surface area (Å²) in [6, 6.07) is 0. The second kappa shape index (κ2) is 4.67. The minimum absolute atomic E-state index is 0.814. The molecule has 0 radical (unpaired) electrons. The van der Waals surface area contributed by atoms with Crippen LogP contribution in [0.4, 0.5) is 5.69 Å². The van der Waals surface area contributed by atoms with E-state index in [2.05, 4.69) is 38.0 Å². The number of alkyl halides is 1. The zero-order valence-electron chi connectivity index (χ0n) is 7.67. The van der Waals surface area contributed by atoms with Crippen LogP contribution in [-0.4, -0.2) is 19.5 Å². The van der Waals surface area contributed by atoms with Gasteiger partial charge in [-0.25, -0.2) is 0 Å². The third-order valence-electron chi connectivity index (χ3n) is 1.80. The van der Waals surface area contributed by atoms with Crippen LogP contribution < -0.4 is 0 Å². The van der Waals surface area contributed by atoms with Crippen molar-refractivity contribution in [2.75, 3.05) is 7.05 Å². The van der Waals surface area contributed by atoms with Crippen LogP contribution in [0.15, 0.2) is 15.4 Å². The van der Waals surface area contributed by atoms with Crippen LogP contribution in [0.2, 0.25) is 0 Å². The van der Waals surface area contributed by atoms with Crippen LogP contribution in [0.5, 0.6) is 0 Å². The minimum Gasteiger partial charge on any atom is -0.292 e. The number of nitrogens with zero attached hydrogens (tertiary/aromatic N) is 2. The van der Waals surface area contributed by atoms with Crippen LogP contribution in [0.1, 0.15) is 17.4 Å². The van der Waals surface area contributed by atoms with Crippen molar-refractivity contribution in [1.29, 1.82) is 0 Å². The van der Waals surface area contributed by atoms with Crippen LogP contribution in [0.3, 0.4) is 0 Å². The Labute approximate surface area is 90.6 Å². The van der Waals surface area contributed by atoms with Gasteiger partial charge in [0.05, 0.1) is 16.3 Å². The number of hydrogen-bond donors (Lipinski definition) is 0. The van der Waals surface area contributed by atoms with Crippen molar-refractivity contribution in [2.24, 2.45) is 9.98 Å². The predicted molar refractivity (Wildman–Crippen MR) is 64.3 cm³/mol. The highest BCUT2D eigenvalue weighted by Gasteiger charge is 2.10. The third kappa shape index (κ3) is 2.06. The zero-order chi connectivity index (χ0) is 9.84. The SMILES string of the molecule is C=Nc1c(CBr)csc1/C(C)=N\C. The third-order valence-corrected chi connectivity index (χ3v) is 3.54. The lowest BCUT2D eigenvalue weighted by atomic mass is 10.2. The molecular weight excluding hydrogens is 248 g/mol. The van der Waals surface area contributed by atoms with Crippen molar-refractivity contribution in [3.05, 3.63) is 15.8 Å². The molecule has 1 heterocycles. The van der Waals surface area contributed by atoms with E-state index in [4.69, 9.17) is 0 Å². The van der Waals surface area contributed by atoms with E-state index in [0.29, 0.717) is 0 Å². The smallest absolute Gasteiger partial charge is 0.0861 e.